The summed E-state index contributed by atoms with van der Waals surface area (Å²) in [5, 5.41) is 14.8. The van der Waals surface area contributed by atoms with Crippen LogP contribution in [0.15, 0.2) is 70.3 Å². The van der Waals surface area contributed by atoms with E-state index in [2.05, 4.69) is 5.32 Å². The van der Waals surface area contributed by atoms with E-state index in [1.54, 1.807) is 54.6 Å². The smallest absolute Gasteiger partial charge is 0.258 e. The van der Waals surface area contributed by atoms with Crippen LogP contribution in [0.25, 0.3) is 0 Å². The van der Waals surface area contributed by atoms with Gasteiger partial charge in [0.2, 0.25) is 5.91 Å². The highest BCUT2D eigenvalue weighted by atomic mass is 32.2. The third-order valence-corrected chi connectivity index (χ3v) is 11.3. The molecule has 0 saturated heterocycles. The lowest BCUT2D eigenvalue weighted by molar-refractivity contribution is -0.115. The zero-order chi connectivity index (χ0) is 33.3. The number of likely N-dealkylation sites (N-methyl/N-ethyl adjacent to an activating group) is 1. The average molecular weight is 672 g/mol. The maximum Gasteiger partial charge on any atom is 0.258 e. The number of fused-ring (bicyclic) bond motifs is 1. The molecule has 4 atom stereocenters. The molecule has 2 N–H and O–H groups in total. The predicted molar refractivity (Wildman–Crippen MR) is 180 cm³/mol. The van der Waals surface area contributed by atoms with Gasteiger partial charge in [-0.1, -0.05) is 43.3 Å². The van der Waals surface area contributed by atoms with Crippen LogP contribution in [0.1, 0.15) is 56.0 Å². The molecule has 1 aliphatic rings. The minimum Gasteiger partial charge on any atom is -0.490 e. The van der Waals surface area contributed by atoms with Crippen molar-refractivity contribution < 1.29 is 32.6 Å². The van der Waals surface area contributed by atoms with Crippen LogP contribution in [-0.4, -0.2) is 86.1 Å². The first-order valence-electron chi connectivity index (χ1n) is 15.7. The maximum atomic E-state index is 14.3. The third kappa shape index (κ3) is 9.38. The van der Waals surface area contributed by atoms with Crippen molar-refractivity contribution in [2.45, 2.75) is 68.9 Å². The summed E-state index contributed by atoms with van der Waals surface area (Å²) in [5.74, 6) is -0.485. The second-order valence-electron chi connectivity index (χ2n) is 11.9. The molecule has 46 heavy (non-hydrogen) atoms. The van der Waals surface area contributed by atoms with Crippen molar-refractivity contribution in [1.29, 1.82) is 0 Å². The molecule has 1 aliphatic heterocycles. The van der Waals surface area contributed by atoms with Crippen LogP contribution in [0, 0.1) is 5.92 Å². The standard InChI is InChI=1S/C34H45N3O7S2/c1-24-21-37(25(2)23-38)34(40)29-20-28(35-32(39)19-27-12-6-5-7-13-27)15-16-30(29)44-26(3)11-8-9-17-43-31(24)22-36(4)46(41,42)33-14-10-18-45-33/h5-7,10,12-16,18,20,24-26,31,38H,8-9,11,17,19,21-23H2,1-4H3,(H,35,39)/t24-,25+,26+,31+/m0/s1. The molecule has 4 rings (SSSR count). The number of amides is 2. The number of nitrogens with one attached hydrogen (secondary N) is 1. The molecular formula is C34H45N3O7S2. The number of carbonyl (C=O) groups excluding carboxylic acids is 2. The Bertz CT molecular complexity index is 1530. The first-order chi connectivity index (χ1) is 22.0. The van der Waals surface area contributed by atoms with Crippen LogP contribution < -0.4 is 10.1 Å². The Morgan fingerprint density at radius 1 is 1.13 bits per heavy atom. The van der Waals surface area contributed by atoms with Crippen molar-refractivity contribution >= 4 is 38.9 Å². The maximum absolute atomic E-state index is 14.3. The molecule has 3 aromatic rings. The summed E-state index contributed by atoms with van der Waals surface area (Å²) < 4.78 is 40.6. The molecular weight excluding hydrogens is 627 g/mol. The van der Waals surface area contributed by atoms with Crippen LogP contribution in [0.2, 0.25) is 0 Å². The summed E-state index contributed by atoms with van der Waals surface area (Å²) in [6.45, 7) is 6.07. The summed E-state index contributed by atoms with van der Waals surface area (Å²) in [4.78, 5) is 28.7. The SMILES string of the molecule is C[C@@H]1CCCCO[C@H](CN(C)S(=O)(=O)c2cccs2)[C@@H](C)CN([C@H](C)CO)C(=O)c2cc(NC(=O)Cc3ccccc3)ccc2O1. The van der Waals surface area contributed by atoms with E-state index in [4.69, 9.17) is 9.47 Å². The Morgan fingerprint density at radius 2 is 1.89 bits per heavy atom. The van der Waals surface area contributed by atoms with E-state index in [0.29, 0.717) is 18.0 Å². The topological polar surface area (TPSA) is 125 Å². The van der Waals surface area contributed by atoms with Gasteiger partial charge in [-0.25, -0.2) is 8.42 Å². The number of aliphatic hydroxyl groups excluding tert-OH is 1. The van der Waals surface area contributed by atoms with Crippen molar-refractivity contribution in [1.82, 2.24) is 9.21 Å². The highest BCUT2D eigenvalue weighted by Crippen LogP contribution is 2.29. The van der Waals surface area contributed by atoms with Crippen molar-refractivity contribution in [2.24, 2.45) is 5.92 Å². The largest absolute Gasteiger partial charge is 0.490 e. The monoisotopic (exact) mass is 671 g/mol. The molecule has 0 aliphatic carbocycles. The van der Waals surface area contributed by atoms with E-state index in [9.17, 15) is 23.1 Å². The van der Waals surface area contributed by atoms with Gasteiger partial charge in [-0.2, -0.15) is 4.31 Å². The van der Waals surface area contributed by atoms with E-state index in [0.717, 1.165) is 36.2 Å². The van der Waals surface area contributed by atoms with Crippen LogP contribution in [0.4, 0.5) is 5.69 Å². The highest BCUT2D eigenvalue weighted by Gasteiger charge is 2.32. The fourth-order valence-corrected chi connectivity index (χ4v) is 7.75. The Morgan fingerprint density at radius 3 is 2.59 bits per heavy atom. The zero-order valence-corrected chi connectivity index (χ0v) is 28.6. The Kier molecular flexibility index (Phi) is 12.8. The highest BCUT2D eigenvalue weighted by molar-refractivity contribution is 7.91. The van der Waals surface area contributed by atoms with E-state index < -0.39 is 22.2 Å². The van der Waals surface area contributed by atoms with E-state index in [1.807, 2.05) is 44.2 Å². The zero-order valence-electron chi connectivity index (χ0n) is 26.9. The van der Waals surface area contributed by atoms with E-state index in [-0.39, 0.29) is 59.7 Å². The number of ether oxygens (including phenoxy) is 2. The van der Waals surface area contributed by atoms with Crippen molar-refractivity contribution in [3.63, 3.8) is 0 Å². The molecule has 0 bridgehead atoms. The van der Waals surface area contributed by atoms with Crippen LogP contribution in [-0.2, 0) is 26.0 Å². The number of thiophene rings is 1. The van der Waals surface area contributed by atoms with Gasteiger partial charge >= 0.3 is 0 Å². The number of anilines is 1. The van der Waals surface area contributed by atoms with Crippen LogP contribution in [0.5, 0.6) is 5.75 Å². The lowest BCUT2D eigenvalue weighted by Crippen LogP contribution is -2.48. The summed E-state index contributed by atoms with van der Waals surface area (Å²) in [6.07, 6.45) is 1.76. The van der Waals surface area contributed by atoms with E-state index >= 15 is 0 Å². The van der Waals surface area contributed by atoms with Crippen molar-refractivity contribution in [3.05, 3.63) is 77.2 Å². The van der Waals surface area contributed by atoms with Gasteiger partial charge in [-0.15, -0.1) is 11.3 Å². The summed E-state index contributed by atoms with van der Waals surface area (Å²) in [5.41, 5.74) is 1.59. The fourth-order valence-electron chi connectivity index (χ4n) is 5.36. The minimum atomic E-state index is -3.71. The second kappa shape index (κ2) is 16.5. The predicted octanol–water partition coefficient (Wildman–Crippen LogP) is 5.05. The number of sulfonamides is 1. The second-order valence-corrected chi connectivity index (χ2v) is 15.2. The molecule has 2 amide bonds. The first-order valence-corrected chi connectivity index (χ1v) is 18.0. The van der Waals surface area contributed by atoms with Gasteiger partial charge in [0.25, 0.3) is 15.9 Å². The Hall–Kier alpha value is -3.29. The molecule has 12 heteroatoms. The normalized spacial score (nSPS) is 20.8. The van der Waals surface area contributed by atoms with E-state index in [1.165, 1.54) is 4.31 Å². The number of hydrogen-bond acceptors (Lipinski definition) is 8. The lowest BCUT2D eigenvalue weighted by Gasteiger charge is -2.35. The molecule has 0 unspecified atom stereocenters. The molecule has 0 radical (unpaired) electrons. The summed E-state index contributed by atoms with van der Waals surface area (Å²) >= 11 is 1.16. The number of nitrogens with zero attached hydrogens (tertiary/aromatic N) is 2. The minimum absolute atomic E-state index is 0.102. The number of rotatable bonds is 9. The van der Waals surface area contributed by atoms with Gasteiger partial charge in [0.15, 0.2) is 0 Å². The van der Waals surface area contributed by atoms with Gasteiger partial charge in [-0.3, -0.25) is 9.59 Å². The van der Waals surface area contributed by atoms with Gasteiger partial charge in [0.1, 0.15) is 9.96 Å². The van der Waals surface area contributed by atoms with Gasteiger partial charge in [-0.05, 0) is 68.3 Å². The molecule has 2 aromatic carbocycles. The third-order valence-electron chi connectivity index (χ3n) is 8.14. The molecule has 0 spiro atoms. The number of aliphatic hydroxyl groups is 1. The number of carbonyl (C=O) groups is 2. The molecule has 250 valence electrons. The summed E-state index contributed by atoms with van der Waals surface area (Å²) in [6, 6.07) is 17.2. The van der Waals surface area contributed by atoms with Crippen LogP contribution >= 0.6 is 11.3 Å². The average Bonchev–Trinajstić information content (AvgIpc) is 3.59. The quantitative estimate of drug-likeness (QED) is 0.326. The fraction of sp³-hybridized carbons (Fsp3) is 0.471. The molecule has 2 heterocycles. The Labute approximate surface area is 276 Å². The number of hydrogen-bond donors (Lipinski definition) is 2. The number of benzene rings is 2. The van der Waals surface area contributed by atoms with Gasteiger partial charge in [0.05, 0.1) is 36.8 Å². The van der Waals surface area contributed by atoms with Gasteiger partial charge in [0, 0.05) is 38.3 Å². The molecule has 10 nitrogen and oxygen atoms in total. The van der Waals surface area contributed by atoms with Gasteiger partial charge < -0.3 is 24.8 Å². The van der Waals surface area contributed by atoms with Crippen LogP contribution in [0.3, 0.4) is 0 Å². The molecule has 0 fully saturated rings. The van der Waals surface area contributed by atoms with Crippen molar-refractivity contribution in [3.8, 4) is 5.75 Å². The molecule has 1 aromatic heterocycles. The van der Waals surface area contributed by atoms with Crippen molar-refractivity contribution in [2.75, 3.05) is 38.7 Å². The lowest BCUT2D eigenvalue weighted by atomic mass is 10.0. The Balaban J connectivity index is 1.62. The molecule has 0 saturated carbocycles. The first kappa shape index (κ1) is 35.6. The summed E-state index contributed by atoms with van der Waals surface area (Å²) in [7, 11) is -2.17.